The summed E-state index contributed by atoms with van der Waals surface area (Å²) in [5.74, 6) is 0.00446. The fraction of sp³-hybridized carbons (Fsp3) is 0.429. The van der Waals surface area contributed by atoms with E-state index in [9.17, 15) is 12.8 Å². The molecule has 0 amide bonds. The van der Waals surface area contributed by atoms with Gasteiger partial charge in [-0.05, 0) is 67.6 Å². The highest BCUT2D eigenvalue weighted by molar-refractivity contribution is 7.89. The van der Waals surface area contributed by atoms with Gasteiger partial charge in [-0.1, -0.05) is 12.1 Å². The van der Waals surface area contributed by atoms with Crippen LogP contribution in [0.5, 0.6) is 5.75 Å². The van der Waals surface area contributed by atoms with Crippen LogP contribution in [0.4, 0.5) is 4.39 Å². The van der Waals surface area contributed by atoms with Gasteiger partial charge in [0, 0.05) is 25.2 Å². The number of sulfonamides is 1. The number of methoxy groups -OCH3 is 1. The number of rotatable bonds is 6. The Kier molecular flexibility index (Phi) is 6.07. The fourth-order valence-corrected chi connectivity index (χ4v) is 4.94. The van der Waals surface area contributed by atoms with Gasteiger partial charge >= 0.3 is 0 Å². The first-order valence-corrected chi connectivity index (χ1v) is 10.7. The topological polar surface area (TPSA) is 64.6 Å². The number of nitrogens with one attached hydrogen (secondary N) is 1. The first kappa shape index (κ1) is 20.8. The molecule has 1 N–H and O–H groups in total. The number of hydrogen-bond acceptors (Lipinski definition) is 4. The molecule has 0 atom stereocenters. The van der Waals surface area contributed by atoms with Crippen molar-refractivity contribution in [2.75, 3.05) is 26.9 Å². The molecule has 0 radical (unpaired) electrons. The van der Waals surface area contributed by atoms with E-state index >= 15 is 0 Å². The van der Waals surface area contributed by atoms with Crippen molar-refractivity contribution in [3.05, 3.63) is 58.9 Å². The smallest absolute Gasteiger partial charge is 0.244 e. The molecule has 0 aliphatic carbocycles. The molecular formula is C21H26FNO4S. The normalized spacial score (nSPS) is 16.7. The van der Waals surface area contributed by atoms with Crippen LogP contribution < -0.4 is 9.46 Å². The summed E-state index contributed by atoms with van der Waals surface area (Å²) in [4.78, 5) is 0.124. The van der Waals surface area contributed by atoms with Gasteiger partial charge in [0.2, 0.25) is 10.0 Å². The number of benzene rings is 2. The Hall–Kier alpha value is -1.96. The van der Waals surface area contributed by atoms with Gasteiger partial charge < -0.3 is 9.47 Å². The van der Waals surface area contributed by atoms with E-state index in [4.69, 9.17) is 9.47 Å². The summed E-state index contributed by atoms with van der Waals surface area (Å²) in [7, 11) is -2.33. The van der Waals surface area contributed by atoms with E-state index < -0.39 is 15.4 Å². The maximum atomic E-state index is 13.4. The highest BCUT2D eigenvalue weighted by atomic mass is 32.2. The first-order valence-electron chi connectivity index (χ1n) is 9.26. The van der Waals surface area contributed by atoms with Crippen molar-refractivity contribution < 1.29 is 22.3 Å². The minimum absolute atomic E-state index is 0.124. The number of halogens is 1. The Morgan fingerprint density at radius 3 is 2.32 bits per heavy atom. The summed E-state index contributed by atoms with van der Waals surface area (Å²) < 4.78 is 53.1. The molecule has 1 saturated heterocycles. The molecule has 1 heterocycles. The molecule has 5 nitrogen and oxygen atoms in total. The maximum Gasteiger partial charge on any atom is 0.244 e. The highest BCUT2D eigenvalue weighted by Crippen LogP contribution is 2.35. The van der Waals surface area contributed by atoms with Crippen molar-refractivity contribution in [2.24, 2.45) is 0 Å². The van der Waals surface area contributed by atoms with Crippen molar-refractivity contribution in [1.82, 2.24) is 4.72 Å². The first-order chi connectivity index (χ1) is 13.3. The second-order valence-corrected chi connectivity index (χ2v) is 9.05. The minimum Gasteiger partial charge on any atom is -0.495 e. The zero-order valence-corrected chi connectivity index (χ0v) is 17.2. The highest BCUT2D eigenvalue weighted by Gasteiger charge is 2.36. The molecule has 2 aromatic rings. The lowest BCUT2D eigenvalue weighted by Crippen LogP contribution is -2.44. The van der Waals surface area contributed by atoms with Gasteiger partial charge in [0.1, 0.15) is 16.5 Å². The Morgan fingerprint density at radius 2 is 1.71 bits per heavy atom. The molecule has 3 rings (SSSR count). The summed E-state index contributed by atoms with van der Waals surface area (Å²) >= 11 is 0. The second-order valence-electron chi connectivity index (χ2n) is 7.31. The summed E-state index contributed by atoms with van der Waals surface area (Å²) in [6, 6.07) is 9.64. The largest absolute Gasteiger partial charge is 0.495 e. The van der Waals surface area contributed by atoms with E-state index in [1.165, 1.54) is 19.2 Å². The Balaban J connectivity index is 1.91. The van der Waals surface area contributed by atoms with Gasteiger partial charge in [-0.15, -0.1) is 0 Å². The van der Waals surface area contributed by atoms with Crippen LogP contribution in [0, 0.1) is 19.7 Å². The Labute approximate surface area is 165 Å². The van der Waals surface area contributed by atoms with Crippen molar-refractivity contribution >= 4 is 10.0 Å². The van der Waals surface area contributed by atoms with Crippen LogP contribution in [0.3, 0.4) is 0 Å². The van der Waals surface area contributed by atoms with Crippen LogP contribution in [0.15, 0.2) is 41.3 Å². The summed E-state index contributed by atoms with van der Waals surface area (Å²) in [6.07, 6.45) is 1.32. The van der Waals surface area contributed by atoms with Crippen molar-refractivity contribution in [3.63, 3.8) is 0 Å². The SMILES string of the molecule is COc1cc(C)c(C)cc1S(=O)(=O)NCC1(c2ccc(F)cc2)CCOCC1. The molecule has 28 heavy (non-hydrogen) atoms. The molecule has 0 bridgehead atoms. The van der Waals surface area contributed by atoms with E-state index in [1.54, 1.807) is 24.3 Å². The average molecular weight is 408 g/mol. The maximum absolute atomic E-state index is 13.4. The molecular weight excluding hydrogens is 381 g/mol. The predicted molar refractivity (Wildman–Crippen MR) is 106 cm³/mol. The third kappa shape index (κ3) is 4.21. The van der Waals surface area contributed by atoms with Crippen molar-refractivity contribution in [2.45, 2.75) is 37.0 Å². The summed E-state index contributed by atoms with van der Waals surface area (Å²) in [6.45, 7) is 5.05. The van der Waals surface area contributed by atoms with E-state index in [0.29, 0.717) is 31.8 Å². The zero-order chi connectivity index (χ0) is 20.4. The predicted octanol–water partition coefficient (Wildman–Crippen LogP) is 3.48. The number of aryl methyl sites for hydroxylation is 2. The van der Waals surface area contributed by atoms with Gasteiger partial charge in [0.05, 0.1) is 7.11 Å². The molecule has 7 heteroatoms. The minimum atomic E-state index is -3.79. The third-order valence-electron chi connectivity index (χ3n) is 5.58. The lowest BCUT2D eigenvalue weighted by Gasteiger charge is -2.38. The molecule has 0 spiro atoms. The van der Waals surface area contributed by atoms with E-state index in [0.717, 1.165) is 16.7 Å². The molecule has 0 aromatic heterocycles. The lowest BCUT2D eigenvalue weighted by molar-refractivity contribution is 0.0517. The monoisotopic (exact) mass is 407 g/mol. The van der Waals surface area contributed by atoms with Crippen LogP contribution in [0.25, 0.3) is 0 Å². The van der Waals surface area contributed by atoms with Crippen LogP contribution in [-0.4, -0.2) is 35.3 Å². The van der Waals surface area contributed by atoms with Gasteiger partial charge in [-0.3, -0.25) is 0 Å². The van der Waals surface area contributed by atoms with Gasteiger partial charge in [0.15, 0.2) is 0 Å². The van der Waals surface area contributed by atoms with E-state index in [1.807, 2.05) is 13.8 Å². The summed E-state index contributed by atoms with van der Waals surface area (Å²) in [5, 5.41) is 0. The molecule has 0 unspecified atom stereocenters. The molecule has 1 fully saturated rings. The molecule has 1 aliphatic heterocycles. The second kappa shape index (κ2) is 8.19. The molecule has 2 aromatic carbocycles. The molecule has 1 aliphatic rings. The Morgan fingerprint density at radius 1 is 1.11 bits per heavy atom. The van der Waals surface area contributed by atoms with Crippen LogP contribution in [0.2, 0.25) is 0 Å². The zero-order valence-electron chi connectivity index (χ0n) is 16.4. The molecule has 0 saturated carbocycles. The number of hydrogen-bond donors (Lipinski definition) is 1. The quantitative estimate of drug-likeness (QED) is 0.796. The fourth-order valence-electron chi connectivity index (χ4n) is 3.58. The van der Waals surface area contributed by atoms with E-state index in [-0.39, 0.29) is 17.3 Å². The standard InChI is InChI=1S/C21H26FNO4S/c1-15-12-19(26-3)20(13-16(15)2)28(24,25)23-14-21(8-10-27-11-9-21)17-4-6-18(22)7-5-17/h4-7,12-13,23H,8-11,14H2,1-3H3. The van der Waals surface area contributed by atoms with Gasteiger partial charge in [0.25, 0.3) is 0 Å². The lowest BCUT2D eigenvalue weighted by atomic mass is 9.74. The third-order valence-corrected chi connectivity index (χ3v) is 7.00. The Bertz CT molecular complexity index is 936. The summed E-state index contributed by atoms with van der Waals surface area (Å²) in [5.41, 5.74) is 2.31. The van der Waals surface area contributed by atoms with Crippen molar-refractivity contribution in [1.29, 1.82) is 0 Å². The van der Waals surface area contributed by atoms with E-state index in [2.05, 4.69) is 4.72 Å². The van der Waals surface area contributed by atoms with Gasteiger partial charge in [-0.25, -0.2) is 17.5 Å². The van der Waals surface area contributed by atoms with Crippen molar-refractivity contribution in [3.8, 4) is 5.75 Å². The van der Waals surface area contributed by atoms with Crippen LogP contribution in [-0.2, 0) is 20.2 Å². The van der Waals surface area contributed by atoms with Gasteiger partial charge in [-0.2, -0.15) is 0 Å². The van der Waals surface area contributed by atoms with Crippen LogP contribution in [0.1, 0.15) is 29.5 Å². The average Bonchev–Trinajstić information content (AvgIpc) is 2.69. The number of ether oxygens (including phenoxy) is 2. The van der Waals surface area contributed by atoms with Crippen LogP contribution >= 0.6 is 0 Å². The molecule has 152 valence electrons.